The van der Waals surface area contributed by atoms with Crippen molar-refractivity contribution in [1.82, 2.24) is 10.3 Å². The maximum Gasteiger partial charge on any atom is 0.141 e. The molecule has 2 aromatic rings. The summed E-state index contributed by atoms with van der Waals surface area (Å²) >= 11 is 0. The molecule has 0 fully saturated rings. The van der Waals surface area contributed by atoms with E-state index >= 15 is 0 Å². The minimum Gasteiger partial charge on any atom is -0.487 e. The van der Waals surface area contributed by atoms with Gasteiger partial charge in [0.25, 0.3) is 0 Å². The van der Waals surface area contributed by atoms with Crippen LogP contribution in [0.15, 0.2) is 42.6 Å². The Morgan fingerprint density at radius 1 is 1.10 bits per heavy atom. The Morgan fingerprint density at radius 3 is 2.48 bits per heavy atom. The highest BCUT2D eigenvalue weighted by molar-refractivity contribution is 5.27. The first-order valence-electron chi connectivity index (χ1n) is 7.51. The zero-order valence-electron chi connectivity index (χ0n) is 13.1. The van der Waals surface area contributed by atoms with E-state index in [-0.39, 0.29) is 0 Å². The zero-order valence-corrected chi connectivity index (χ0v) is 13.1. The molecular weight excluding hydrogens is 260 g/mol. The Bertz CT molecular complexity index is 549. The highest BCUT2D eigenvalue weighted by Gasteiger charge is 2.01. The van der Waals surface area contributed by atoms with Gasteiger partial charge in [0.05, 0.1) is 5.69 Å². The van der Waals surface area contributed by atoms with E-state index in [4.69, 9.17) is 4.74 Å². The first-order valence-corrected chi connectivity index (χ1v) is 7.51. The Balaban J connectivity index is 1.84. The minimum atomic E-state index is 0.542. The van der Waals surface area contributed by atoms with Gasteiger partial charge in [0, 0.05) is 12.2 Å². The van der Waals surface area contributed by atoms with Crippen LogP contribution in [0.1, 0.15) is 30.7 Å². The van der Waals surface area contributed by atoms with Gasteiger partial charge in [0.1, 0.15) is 12.4 Å². The van der Waals surface area contributed by atoms with Gasteiger partial charge < -0.3 is 10.1 Å². The molecule has 0 amide bonds. The average molecular weight is 284 g/mol. The van der Waals surface area contributed by atoms with Crippen molar-refractivity contribution in [3.05, 3.63) is 59.4 Å². The third-order valence-corrected chi connectivity index (χ3v) is 3.34. The van der Waals surface area contributed by atoms with Crippen LogP contribution >= 0.6 is 0 Å². The monoisotopic (exact) mass is 284 g/mol. The topological polar surface area (TPSA) is 34.1 Å². The second kappa shape index (κ2) is 7.79. The molecule has 1 heterocycles. The van der Waals surface area contributed by atoms with Gasteiger partial charge in [-0.05, 0) is 43.1 Å². The van der Waals surface area contributed by atoms with Crippen molar-refractivity contribution >= 4 is 0 Å². The predicted octanol–water partition coefficient (Wildman–Crippen LogP) is 3.51. The molecule has 0 aliphatic heterocycles. The van der Waals surface area contributed by atoms with Gasteiger partial charge in [-0.15, -0.1) is 0 Å². The first kappa shape index (κ1) is 15.5. The number of benzene rings is 1. The lowest BCUT2D eigenvalue weighted by molar-refractivity contribution is 0.302. The lowest BCUT2D eigenvalue weighted by Gasteiger charge is -2.10. The molecule has 0 saturated carbocycles. The van der Waals surface area contributed by atoms with Crippen molar-refractivity contribution < 1.29 is 4.74 Å². The molecule has 3 heteroatoms. The maximum absolute atomic E-state index is 5.80. The summed E-state index contributed by atoms with van der Waals surface area (Å²) in [5.41, 5.74) is 3.46. The zero-order chi connectivity index (χ0) is 15.1. The SMILES string of the molecule is Cc1ncccc1OCc1ccc(CCNC(C)C)cc1. The number of nitrogens with one attached hydrogen (secondary N) is 1. The van der Waals surface area contributed by atoms with E-state index in [0.29, 0.717) is 12.6 Å². The first-order chi connectivity index (χ1) is 10.1. The largest absolute Gasteiger partial charge is 0.487 e. The second-order valence-corrected chi connectivity index (χ2v) is 5.55. The van der Waals surface area contributed by atoms with Crippen molar-refractivity contribution in [2.75, 3.05) is 6.54 Å². The molecule has 0 aliphatic carbocycles. The van der Waals surface area contributed by atoms with Gasteiger partial charge in [-0.3, -0.25) is 4.98 Å². The van der Waals surface area contributed by atoms with Crippen molar-refractivity contribution in [1.29, 1.82) is 0 Å². The van der Waals surface area contributed by atoms with Gasteiger partial charge in [0.2, 0.25) is 0 Å². The number of ether oxygens (including phenoxy) is 1. The molecule has 2 rings (SSSR count). The number of rotatable bonds is 7. The molecule has 1 N–H and O–H groups in total. The number of hydrogen-bond donors (Lipinski definition) is 1. The van der Waals surface area contributed by atoms with E-state index in [1.807, 2.05) is 19.1 Å². The van der Waals surface area contributed by atoms with E-state index in [2.05, 4.69) is 48.4 Å². The molecule has 1 aromatic carbocycles. The van der Waals surface area contributed by atoms with Crippen molar-refractivity contribution in [2.24, 2.45) is 0 Å². The van der Waals surface area contributed by atoms with Crippen LogP contribution in [0.4, 0.5) is 0 Å². The molecular formula is C18H24N2O. The Kier molecular flexibility index (Phi) is 5.76. The minimum absolute atomic E-state index is 0.542. The normalized spacial score (nSPS) is 10.9. The third kappa shape index (κ3) is 5.20. The Morgan fingerprint density at radius 2 is 1.81 bits per heavy atom. The van der Waals surface area contributed by atoms with Crippen LogP contribution in [0.5, 0.6) is 5.75 Å². The van der Waals surface area contributed by atoms with Gasteiger partial charge in [0.15, 0.2) is 0 Å². The van der Waals surface area contributed by atoms with Crippen LogP contribution in [-0.2, 0) is 13.0 Å². The lowest BCUT2D eigenvalue weighted by atomic mass is 10.1. The van der Waals surface area contributed by atoms with Crippen molar-refractivity contribution in [3.8, 4) is 5.75 Å². The molecule has 0 saturated heterocycles. The number of pyridine rings is 1. The Hall–Kier alpha value is -1.87. The molecule has 112 valence electrons. The number of nitrogens with zero attached hydrogens (tertiary/aromatic N) is 1. The number of aromatic nitrogens is 1. The highest BCUT2D eigenvalue weighted by atomic mass is 16.5. The fraction of sp³-hybridized carbons (Fsp3) is 0.389. The van der Waals surface area contributed by atoms with Crippen molar-refractivity contribution in [2.45, 2.75) is 39.8 Å². The van der Waals surface area contributed by atoms with Crippen LogP contribution in [0, 0.1) is 6.92 Å². The fourth-order valence-corrected chi connectivity index (χ4v) is 2.09. The smallest absolute Gasteiger partial charge is 0.141 e. The summed E-state index contributed by atoms with van der Waals surface area (Å²) in [5.74, 6) is 0.850. The second-order valence-electron chi connectivity index (χ2n) is 5.55. The van der Waals surface area contributed by atoms with Crippen LogP contribution in [0.2, 0.25) is 0 Å². The van der Waals surface area contributed by atoms with E-state index in [1.165, 1.54) is 11.1 Å². The summed E-state index contributed by atoms with van der Waals surface area (Å²) in [6.07, 6.45) is 2.84. The lowest BCUT2D eigenvalue weighted by Crippen LogP contribution is -2.24. The molecule has 0 spiro atoms. The molecule has 0 bridgehead atoms. The molecule has 0 aliphatic rings. The van der Waals surface area contributed by atoms with Crippen LogP contribution in [0.25, 0.3) is 0 Å². The average Bonchev–Trinajstić information content (AvgIpc) is 2.47. The highest BCUT2D eigenvalue weighted by Crippen LogP contribution is 2.16. The van der Waals surface area contributed by atoms with Crippen LogP contribution < -0.4 is 10.1 Å². The summed E-state index contributed by atoms with van der Waals surface area (Å²) in [6.45, 7) is 7.89. The number of aryl methyl sites for hydroxylation is 1. The van der Waals surface area contributed by atoms with Crippen molar-refractivity contribution in [3.63, 3.8) is 0 Å². The summed E-state index contributed by atoms with van der Waals surface area (Å²) < 4.78 is 5.80. The number of hydrogen-bond acceptors (Lipinski definition) is 3. The van der Waals surface area contributed by atoms with E-state index in [1.54, 1.807) is 6.20 Å². The Labute approximate surface area is 127 Å². The molecule has 21 heavy (non-hydrogen) atoms. The standard InChI is InChI=1S/C18H24N2O/c1-14(2)19-12-10-16-6-8-17(9-7-16)13-21-18-5-4-11-20-15(18)3/h4-9,11,14,19H,10,12-13H2,1-3H3. The van der Waals surface area contributed by atoms with Gasteiger partial charge in [-0.2, -0.15) is 0 Å². The molecule has 1 aromatic heterocycles. The van der Waals surface area contributed by atoms with E-state index in [0.717, 1.165) is 24.4 Å². The molecule has 0 unspecified atom stereocenters. The fourth-order valence-electron chi connectivity index (χ4n) is 2.09. The van der Waals surface area contributed by atoms with Crippen LogP contribution in [0.3, 0.4) is 0 Å². The quantitative estimate of drug-likeness (QED) is 0.845. The third-order valence-electron chi connectivity index (χ3n) is 3.34. The molecule has 0 atom stereocenters. The van der Waals surface area contributed by atoms with E-state index < -0.39 is 0 Å². The summed E-state index contributed by atoms with van der Waals surface area (Å²) in [5, 5.41) is 3.43. The van der Waals surface area contributed by atoms with Crippen LogP contribution in [-0.4, -0.2) is 17.6 Å². The molecule has 3 nitrogen and oxygen atoms in total. The van der Waals surface area contributed by atoms with Gasteiger partial charge in [-0.1, -0.05) is 38.1 Å². The summed E-state index contributed by atoms with van der Waals surface area (Å²) in [7, 11) is 0. The van der Waals surface area contributed by atoms with Gasteiger partial charge >= 0.3 is 0 Å². The summed E-state index contributed by atoms with van der Waals surface area (Å²) in [6, 6.07) is 13.0. The molecule has 0 radical (unpaired) electrons. The summed E-state index contributed by atoms with van der Waals surface area (Å²) in [4.78, 5) is 4.22. The van der Waals surface area contributed by atoms with Gasteiger partial charge in [-0.25, -0.2) is 0 Å². The maximum atomic E-state index is 5.80. The predicted molar refractivity (Wildman–Crippen MR) is 86.6 cm³/mol. The van der Waals surface area contributed by atoms with E-state index in [9.17, 15) is 0 Å².